The first-order valence-corrected chi connectivity index (χ1v) is 7.52. The molecule has 0 atom stereocenters. The molecule has 2 N–H and O–H groups in total. The summed E-state index contributed by atoms with van der Waals surface area (Å²) >= 11 is 5.20. The molecular weight excluding hydrogens is 302 g/mol. The molecule has 1 heterocycles. The van der Waals surface area contributed by atoms with Crippen LogP contribution in [0.25, 0.3) is 0 Å². The van der Waals surface area contributed by atoms with Gasteiger partial charge in [-0.25, -0.2) is 4.79 Å². The van der Waals surface area contributed by atoms with Crippen LogP contribution >= 0.6 is 12.2 Å². The number of benzene rings is 1. The van der Waals surface area contributed by atoms with E-state index in [1.807, 2.05) is 11.0 Å². The predicted molar refractivity (Wildman–Crippen MR) is 87.8 cm³/mol. The van der Waals surface area contributed by atoms with E-state index >= 15 is 0 Å². The number of carbonyl (C=O) groups excluding carboxylic acids is 2. The Balaban J connectivity index is 1.79. The van der Waals surface area contributed by atoms with E-state index in [4.69, 9.17) is 12.2 Å². The molecule has 0 bridgehead atoms. The van der Waals surface area contributed by atoms with E-state index in [1.54, 1.807) is 18.2 Å². The smallest absolute Gasteiger partial charge is 0.337 e. The molecule has 0 radical (unpaired) electrons. The first-order valence-electron chi connectivity index (χ1n) is 7.11. The van der Waals surface area contributed by atoms with E-state index in [2.05, 4.69) is 15.4 Å². The van der Waals surface area contributed by atoms with Gasteiger partial charge in [0.2, 0.25) is 5.91 Å². The molecule has 1 aliphatic heterocycles. The molecule has 1 saturated heterocycles. The lowest BCUT2D eigenvalue weighted by Crippen LogP contribution is -2.37. The van der Waals surface area contributed by atoms with Crippen molar-refractivity contribution < 1.29 is 14.3 Å². The fourth-order valence-corrected chi connectivity index (χ4v) is 2.48. The van der Waals surface area contributed by atoms with Gasteiger partial charge >= 0.3 is 5.97 Å². The summed E-state index contributed by atoms with van der Waals surface area (Å²) in [7, 11) is 1.34. The van der Waals surface area contributed by atoms with Crippen molar-refractivity contribution >= 4 is 34.9 Å². The van der Waals surface area contributed by atoms with Gasteiger partial charge in [-0.05, 0) is 36.8 Å². The Morgan fingerprint density at radius 1 is 1.45 bits per heavy atom. The normalized spacial score (nSPS) is 13.9. The van der Waals surface area contributed by atoms with Crippen LogP contribution in [0.15, 0.2) is 24.3 Å². The van der Waals surface area contributed by atoms with Crippen molar-refractivity contribution in [2.45, 2.75) is 12.8 Å². The van der Waals surface area contributed by atoms with Crippen molar-refractivity contribution in [3.8, 4) is 0 Å². The molecule has 0 aliphatic carbocycles. The van der Waals surface area contributed by atoms with Crippen LogP contribution in [0.4, 0.5) is 5.69 Å². The lowest BCUT2D eigenvalue weighted by atomic mass is 10.2. The molecule has 6 nitrogen and oxygen atoms in total. The number of rotatable bonds is 5. The molecule has 1 fully saturated rings. The summed E-state index contributed by atoms with van der Waals surface area (Å²) in [6, 6.07) is 6.90. The van der Waals surface area contributed by atoms with E-state index in [1.165, 1.54) is 7.11 Å². The first kappa shape index (κ1) is 16.2. The van der Waals surface area contributed by atoms with Crippen molar-refractivity contribution in [2.75, 3.05) is 32.1 Å². The highest BCUT2D eigenvalue weighted by atomic mass is 32.1. The van der Waals surface area contributed by atoms with Gasteiger partial charge in [0.25, 0.3) is 0 Å². The molecule has 7 heteroatoms. The lowest BCUT2D eigenvalue weighted by Gasteiger charge is -2.17. The number of anilines is 1. The van der Waals surface area contributed by atoms with Gasteiger partial charge in [0, 0.05) is 31.7 Å². The molecule has 1 aliphatic rings. The highest BCUT2D eigenvalue weighted by Gasteiger charge is 2.19. The number of nitrogens with zero attached hydrogens (tertiary/aromatic N) is 1. The molecule has 0 saturated carbocycles. The third kappa shape index (κ3) is 4.42. The number of ether oxygens (including phenoxy) is 1. The molecule has 1 aromatic carbocycles. The van der Waals surface area contributed by atoms with Gasteiger partial charge < -0.3 is 20.3 Å². The summed E-state index contributed by atoms with van der Waals surface area (Å²) in [6.45, 7) is 2.05. The number of esters is 1. The summed E-state index contributed by atoms with van der Waals surface area (Å²) in [4.78, 5) is 24.8. The fourth-order valence-electron chi connectivity index (χ4n) is 2.26. The van der Waals surface area contributed by atoms with E-state index in [0.29, 0.717) is 35.9 Å². The maximum atomic E-state index is 11.5. The quantitative estimate of drug-likeness (QED) is 0.631. The Labute approximate surface area is 134 Å². The van der Waals surface area contributed by atoms with Crippen molar-refractivity contribution in [1.29, 1.82) is 0 Å². The molecular formula is C15H19N3O3S. The van der Waals surface area contributed by atoms with E-state index in [9.17, 15) is 9.59 Å². The maximum absolute atomic E-state index is 11.5. The van der Waals surface area contributed by atoms with Gasteiger partial charge in [0.15, 0.2) is 5.11 Å². The van der Waals surface area contributed by atoms with Crippen LogP contribution in [-0.2, 0) is 9.53 Å². The third-order valence-electron chi connectivity index (χ3n) is 3.38. The van der Waals surface area contributed by atoms with Gasteiger partial charge in [0.1, 0.15) is 0 Å². The summed E-state index contributed by atoms with van der Waals surface area (Å²) < 4.78 is 4.68. The number of nitrogens with one attached hydrogen (secondary N) is 2. The zero-order valence-corrected chi connectivity index (χ0v) is 13.2. The monoisotopic (exact) mass is 321 g/mol. The Kier molecular flexibility index (Phi) is 5.71. The number of hydrogen-bond donors (Lipinski definition) is 2. The number of amides is 1. The summed E-state index contributed by atoms with van der Waals surface area (Å²) in [5.41, 5.74) is 1.16. The number of methoxy groups -OCH3 is 1. The molecule has 1 amide bonds. The number of thiocarbonyl (C=S) groups is 1. The molecule has 118 valence electrons. The summed E-state index contributed by atoms with van der Waals surface area (Å²) in [5.74, 6) is -0.193. The van der Waals surface area contributed by atoms with E-state index < -0.39 is 5.97 Å². The Hall–Kier alpha value is -2.15. The zero-order chi connectivity index (χ0) is 15.9. The van der Waals surface area contributed by atoms with Crippen molar-refractivity contribution in [1.82, 2.24) is 10.2 Å². The van der Waals surface area contributed by atoms with Gasteiger partial charge in [-0.3, -0.25) is 4.79 Å². The minimum atomic E-state index is -0.393. The van der Waals surface area contributed by atoms with E-state index in [-0.39, 0.29) is 5.91 Å². The van der Waals surface area contributed by atoms with Crippen molar-refractivity contribution in [3.05, 3.63) is 29.8 Å². The van der Waals surface area contributed by atoms with Crippen molar-refractivity contribution in [3.63, 3.8) is 0 Å². The highest BCUT2D eigenvalue weighted by molar-refractivity contribution is 7.80. The minimum absolute atomic E-state index is 0.200. The van der Waals surface area contributed by atoms with Crippen LogP contribution in [0.5, 0.6) is 0 Å². The average Bonchev–Trinajstić information content (AvgIpc) is 2.92. The topological polar surface area (TPSA) is 70.7 Å². The van der Waals surface area contributed by atoms with E-state index in [0.717, 1.165) is 13.0 Å². The lowest BCUT2D eigenvalue weighted by molar-refractivity contribution is -0.127. The molecule has 2 rings (SSSR count). The zero-order valence-electron chi connectivity index (χ0n) is 12.4. The summed E-state index contributed by atoms with van der Waals surface area (Å²) in [5, 5.41) is 6.51. The number of carbonyl (C=O) groups is 2. The van der Waals surface area contributed by atoms with Crippen LogP contribution in [0.2, 0.25) is 0 Å². The van der Waals surface area contributed by atoms with Gasteiger partial charge in [-0.1, -0.05) is 6.07 Å². The minimum Gasteiger partial charge on any atom is -0.465 e. The Morgan fingerprint density at radius 2 is 2.27 bits per heavy atom. The van der Waals surface area contributed by atoms with Gasteiger partial charge in [-0.2, -0.15) is 0 Å². The van der Waals surface area contributed by atoms with Crippen LogP contribution in [0.3, 0.4) is 0 Å². The summed E-state index contributed by atoms with van der Waals surface area (Å²) in [6.07, 6.45) is 1.57. The Bertz CT molecular complexity index is 577. The molecule has 1 aromatic rings. The van der Waals surface area contributed by atoms with Crippen LogP contribution in [-0.4, -0.2) is 48.6 Å². The number of likely N-dealkylation sites (tertiary alicyclic amines) is 1. The SMILES string of the molecule is COC(=O)c1cccc(NC(=S)NCCN2CCCC2=O)c1. The maximum Gasteiger partial charge on any atom is 0.337 e. The van der Waals surface area contributed by atoms with Crippen LogP contribution in [0, 0.1) is 0 Å². The predicted octanol–water partition coefficient (Wildman–Crippen LogP) is 1.38. The fraction of sp³-hybridized carbons (Fsp3) is 0.400. The molecule has 0 unspecified atom stereocenters. The van der Waals surface area contributed by atoms with Crippen molar-refractivity contribution in [2.24, 2.45) is 0 Å². The second kappa shape index (κ2) is 7.74. The van der Waals surface area contributed by atoms with Gasteiger partial charge in [-0.15, -0.1) is 0 Å². The Morgan fingerprint density at radius 3 is 2.95 bits per heavy atom. The standard InChI is InChI=1S/C15H19N3O3S/c1-21-14(20)11-4-2-5-12(10-11)17-15(22)16-7-9-18-8-3-6-13(18)19/h2,4-5,10H,3,6-9H2,1H3,(H2,16,17,22). The molecule has 22 heavy (non-hydrogen) atoms. The first-order chi connectivity index (χ1) is 10.6. The molecule has 0 aromatic heterocycles. The largest absolute Gasteiger partial charge is 0.465 e. The van der Waals surface area contributed by atoms with Gasteiger partial charge in [0.05, 0.1) is 12.7 Å². The average molecular weight is 321 g/mol. The van der Waals surface area contributed by atoms with Crippen LogP contribution in [0.1, 0.15) is 23.2 Å². The number of hydrogen-bond acceptors (Lipinski definition) is 4. The second-order valence-corrected chi connectivity index (χ2v) is 5.35. The second-order valence-electron chi connectivity index (χ2n) is 4.94. The highest BCUT2D eigenvalue weighted by Crippen LogP contribution is 2.11. The third-order valence-corrected chi connectivity index (χ3v) is 3.63. The molecule has 0 spiro atoms. The van der Waals surface area contributed by atoms with Crippen LogP contribution < -0.4 is 10.6 Å².